The molecule has 7 heteroatoms. The Bertz CT molecular complexity index is 1330. The first-order valence-electron chi connectivity index (χ1n) is 10.7. The van der Waals surface area contributed by atoms with Crippen molar-refractivity contribution in [2.24, 2.45) is 0 Å². The Balaban J connectivity index is 1.54. The molecule has 0 atom stereocenters. The van der Waals surface area contributed by atoms with E-state index < -0.39 is 0 Å². The van der Waals surface area contributed by atoms with Gasteiger partial charge in [0, 0.05) is 24.2 Å². The number of anilines is 1. The number of hydrogen-bond acceptors (Lipinski definition) is 4. The summed E-state index contributed by atoms with van der Waals surface area (Å²) in [6.07, 6.45) is 1.71. The van der Waals surface area contributed by atoms with Gasteiger partial charge < -0.3 is 5.32 Å². The van der Waals surface area contributed by atoms with E-state index >= 15 is 0 Å². The van der Waals surface area contributed by atoms with E-state index in [-0.39, 0.29) is 30.0 Å². The number of aryl methyl sites for hydroxylation is 1. The zero-order valence-corrected chi connectivity index (χ0v) is 18.8. The van der Waals surface area contributed by atoms with E-state index in [1.54, 1.807) is 22.4 Å². The van der Waals surface area contributed by atoms with Crippen LogP contribution in [0.2, 0.25) is 0 Å². The summed E-state index contributed by atoms with van der Waals surface area (Å²) in [4.78, 5) is 30.4. The van der Waals surface area contributed by atoms with Crippen LogP contribution in [0.25, 0.3) is 22.2 Å². The molecule has 4 aromatic rings. The monoisotopic (exact) mass is 429 g/mol. The van der Waals surface area contributed by atoms with Crippen LogP contribution in [0, 0.1) is 6.92 Å². The van der Waals surface area contributed by atoms with E-state index in [0.717, 1.165) is 16.8 Å². The minimum absolute atomic E-state index is 0.157. The van der Waals surface area contributed by atoms with Crippen LogP contribution in [-0.4, -0.2) is 25.2 Å². The van der Waals surface area contributed by atoms with Crippen molar-refractivity contribution >= 4 is 22.6 Å². The Kier molecular flexibility index (Phi) is 5.65. The standard InChI is InChI=1S/C25H27N5O2/c1-17-27-23-20(16-26-30(23)25(2,3)4)24(32)29(17)15-14-22(31)28-21-13-9-8-12-19(21)18-10-6-5-7-11-18/h5-13,16H,14-15H2,1-4H3,(H,28,31). The summed E-state index contributed by atoms with van der Waals surface area (Å²) < 4.78 is 3.30. The van der Waals surface area contributed by atoms with Gasteiger partial charge in [0.1, 0.15) is 11.2 Å². The fourth-order valence-electron chi connectivity index (χ4n) is 3.75. The number of para-hydroxylation sites is 1. The lowest BCUT2D eigenvalue weighted by Crippen LogP contribution is -2.28. The molecule has 7 nitrogen and oxygen atoms in total. The Morgan fingerprint density at radius 2 is 1.72 bits per heavy atom. The first-order valence-corrected chi connectivity index (χ1v) is 10.7. The van der Waals surface area contributed by atoms with Gasteiger partial charge in [0.05, 0.1) is 11.7 Å². The predicted octanol–water partition coefficient (Wildman–Crippen LogP) is 4.35. The number of fused-ring (bicyclic) bond motifs is 1. The number of aromatic nitrogens is 4. The number of carbonyl (C=O) groups excluding carboxylic acids is 1. The van der Waals surface area contributed by atoms with Gasteiger partial charge in [0.25, 0.3) is 5.56 Å². The molecule has 0 fully saturated rings. The smallest absolute Gasteiger partial charge is 0.264 e. The number of amides is 1. The number of rotatable bonds is 5. The minimum Gasteiger partial charge on any atom is -0.325 e. The van der Waals surface area contributed by atoms with Crippen LogP contribution < -0.4 is 10.9 Å². The largest absolute Gasteiger partial charge is 0.325 e. The molecule has 2 heterocycles. The Hall–Kier alpha value is -3.74. The lowest BCUT2D eigenvalue weighted by Gasteiger charge is -2.20. The topological polar surface area (TPSA) is 81.8 Å². The highest BCUT2D eigenvalue weighted by Gasteiger charge is 2.21. The Labute approximate surface area is 186 Å². The van der Waals surface area contributed by atoms with Crippen molar-refractivity contribution in [1.29, 1.82) is 0 Å². The molecule has 0 saturated carbocycles. The molecule has 0 unspecified atom stereocenters. The second-order valence-electron chi connectivity index (χ2n) is 8.79. The third-order valence-corrected chi connectivity index (χ3v) is 5.36. The zero-order valence-electron chi connectivity index (χ0n) is 18.8. The summed E-state index contributed by atoms with van der Waals surface area (Å²) in [5, 5.41) is 7.81. The number of hydrogen-bond donors (Lipinski definition) is 1. The fraction of sp³-hybridized carbons (Fsp3) is 0.280. The molecule has 0 aliphatic carbocycles. The maximum atomic E-state index is 13.0. The maximum Gasteiger partial charge on any atom is 0.264 e. The summed E-state index contributed by atoms with van der Waals surface area (Å²) in [6.45, 7) is 8.07. The molecule has 1 amide bonds. The zero-order chi connectivity index (χ0) is 22.9. The van der Waals surface area contributed by atoms with Gasteiger partial charge in [-0.15, -0.1) is 0 Å². The number of nitrogens with one attached hydrogen (secondary N) is 1. The quantitative estimate of drug-likeness (QED) is 0.511. The molecular formula is C25H27N5O2. The molecule has 0 aliphatic rings. The van der Waals surface area contributed by atoms with Crippen LogP contribution in [0.1, 0.15) is 33.0 Å². The molecular weight excluding hydrogens is 402 g/mol. The summed E-state index contributed by atoms with van der Waals surface area (Å²) >= 11 is 0. The van der Waals surface area contributed by atoms with Crippen LogP contribution in [0.15, 0.2) is 65.6 Å². The van der Waals surface area contributed by atoms with E-state index in [4.69, 9.17) is 0 Å². The number of benzene rings is 2. The molecule has 0 bridgehead atoms. The minimum atomic E-state index is -0.286. The van der Waals surface area contributed by atoms with Gasteiger partial charge in [0.15, 0.2) is 5.65 Å². The molecule has 0 radical (unpaired) electrons. The first-order chi connectivity index (χ1) is 15.3. The van der Waals surface area contributed by atoms with Crippen LogP contribution >= 0.6 is 0 Å². The van der Waals surface area contributed by atoms with Crippen molar-refractivity contribution < 1.29 is 4.79 Å². The summed E-state index contributed by atoms with van der Waals surface area (Å²) in [5.41, 5.74) is 2.82. The molecule has 164 valence electrons. The number of carbonyl (C=O) groups is 1. The van der Waals surface area contributed by atoms with Gasteiger partial charge in [-0.25, -0.2) is 9.67 Å². The van der Waals surface area contributed by atoms with Gasteiger partial charge in [-0.2, -0.15) is 5.10 Å². The highest BCUT2D eigenvalue weighted by molar-refractivity contribution is 5.95. The Morgan fingerprint density at radius 3 is 2.44 bits per heavy atom. The van der Waals surface area contributed by atoms with E-state index in [1.807, 2.05) is 75.4 Å². The van der Waals surface area contributed by atoms with Crippen molar-refractivity contribution in [2.75, 3.05) is 5.32 Å². The fourth-order valence-corrected chi connectivity index (χ4v) is 3.75. The second kappa shape index (κ2) is 8.42. The van der Waals surface area contributed by atoms with Crippen molar-refractivity contribution in [3.63, 3.8) is 0 Å². The average Bonchev–Trinajstić information content (AvgIpc) is 3.19. The van der Waals surface area contributed by atoms with Crippen molar-refractivity contribution in [3.8, 4) is 11.1 Å². The third-order valence-electron chi connectivity index (χ3n) is 5.36. The van der Waals surface area contributed by atoms with Gasteiger partial charge in [-0.05, 0) is 39.3 Å². The van der Waals surface area contributed by atoms with Crippen LogP contribution in [0.5, 0.6) is 0 Å². The SMILES string of the molecule is Cc1nc2c(cnn2C(C)(C)C)c(=O)n1CCC(=O)Nc1ccccc1-c1ccccc1. The first kappa shape index (κ1) is 21.5. The lowest BCUT2D eigenvalue weighted by atomic mass is 10.0. The average molecular weight is 430 g/mol. The van der Waals surface area contributed by atoms with E-state index in [2.05, 4.69) is 15.4 Å². The van der Waals surface area contributed by atoms with Crippen molar-refractivity contribution in [1.82, 2.24) is 19.3 Å². The molecule has 2 aromatic carbocycles. The van der Waals surface area contributed by atoms with Crippen LogP contribution in [0.3, 0.4) is 0 Å². The Morgan fingerprint density at radius 1 is 1.03 bits per heavy atom. The predicted molar refractivity (Wildman–Crippen MR) is 127 cm³/mol. The summed E-state index contributed by atoms with van der Waals surface area (Å²) in [5.74, 6) is 0.399. The summed E-state index contributed by atoms with van der Waals surface area (Å²) in [7, 11) is 0. The molecule has 2 aromatic heterocycles. The van der Waals surface area contributed by atoms with Gasteiger partial charge in [-0.1, -0.05) is 48.5 Å². The highest BCUT2D eigenvalue weighted by atomic mass is 16.2. The molecule has 4 rings (SSSR count). The van der Waals surface area contributed by atoms with Crippen LogP contribution in [0.4, 0.5) is 5.69 Å². The van der Waals surface area contributed by atoms with Gasteiger partial charge in [-0.3, -0.25) is 14.2 Å². The van der Waals surface area contributed by atoms with Gasteiger partial charge >= 0.3 is 0 Å². The van der Waals surface area contributed by atoms with E-state index in [0.29, 0.717) is 16.9 Å². The molecule has 32 heavy (non-hydrogen) atoms. The third kappa shape index (κ3) is 4.19. The molecule has 0 aliphatic heterocycles. The van der Waals surface area contributed by atoms with E-state index in [9.17, 15) is 9.59 Å². The molecule has 1 N–H and O–H groups in total. The maximum absolute atomic E-state index is 13.0. The number of nitrogens with zero attached hydrogens (tertiary/aromatic N) is 4. The normalized spacial score (nSPS) is 11.6. The summed E-state index contributed by atoms with van der Waals surface area (Å²) in [6, 6.07) is 17.6. The second-order valence-corrected chi connectivity index (χ2v) is 8.79. The van der Waals surface area contributed by atoms with Crippen molar-refractivity contribution in [3.05, 3.63) is 77.0 Å². The highest BCUT2D eigenvalue weighted by Crippen LogP contribution is 2.27. The van der Waals surface area contributed by atoms with Crippen LogP contribution in [-0.2, 0) is 16.9 Å². The molecule has 0 spiro atoms. The van der Waals surface area contributed by atoms with Crippen molar-refractivity contribution in [2.45, 2.75) is 46.2 Å². The molecule has 0 saturated heterocycles. The van der Waals surface area contributed by atoms with E-state index in [1.165, 1.54) is 0 Å². The van der Waals surface area contributed by atoms with Gasteiger partial charge in [0.2, 0.25) is 5.91 Å². The lowest BCUT2D eigenvalue weighted by molar-refractivity contribution is -0.116.